The average Bonchev–Trinajstić information content (AvgIpc) is 2.81. The average molecular weight is 275 g/mol. The molecule has 108 valence electrons. The van der Waals surface area contributed by atoms with E-state index in [9.17, 15) is 9.90 Å². The van der Waals surface area contributed by atoms with E-state index in [0.29, 0.717) is 17.4 Å². The Balaban J connectivity index is 1.69. The fraction of sp³-hybridized carbons (Fsp3) is 0.688. The van der Waals surface area contributed by atoms with Crippen LogP contribution in [0.2, 0.25) is 0 Å². The van der Waals surface area contributed by atoms with Gasteiger partial charge in [0.1, 0.15) is 5.56 Å². The maximum absolute atomic E-state index is 11.3. The molecular weight excluding hydrogens is 254 g/mol. The zero-order valence-electron chi connectivity index (χ0n) is 11.8. The zero-order chi connectivity index (χ0) is 13.9. The van der Waals surface area contributed by atoms with E-state index in [1.54, 1.807) is 13.3 Å². The van der Waals surface area contributed by atoms with E-state index in [0.717, 1.165) is 23.7 Å². The Morgan fingerprint density at radius 3 is 2.20 bits per heavy atom. The Kier molecular flexibility index (Phi) is 2.63. The number of aromatic carboxylic acids is 1. The van der Waals surface area contributed by atoms with Crippen molar-refractivity contribution < 1.29 is 14.6 Å². The molecule has 4 nitrogen and oxygen atoms in total. The number of hydrogen-bond acceptors (Lipinski definition) is 2. The van der Waals surface area contributed by atoms with Crippen LogP contribution < -0.4 is 4.74 Å². The monoisotopic (exact) mass is 275 g/mol. The molecule has 0 atom stereocenters. The normalized spacial score (nSPS) is 38.1. The molecule has 4 aliphatic rings. The Hall–Kier alpha value is -1.45. The van der Waals surface area contributed by atoms with Crippen LogP contribution in [0.3, 0.4) is 0 Å². The highest BCUT2D eigenvalue weighted by atomic mass is 16.5. The summed E-state index contributed by atoms with van der Waals surface area (Å²) in [6.07, 6.45) is 10.5. The molecule has 1 heterocycles. The topological polar surface area (TPSA) is 51.5 Å². The van der Waals surface area contributed by atoms with Gasteiger partial charge in [0, 0.05) is 18.4 Å². The number of aromatic nitrogens is 1. The molecule has 0 aliphatic heterocycles. The van der Waals surface area contributed by atoms with E-state index in [4.69, 9.17) is 4.74 Å². The van der Waals surface area contributed by atoms with Crippen molar-refractivity contribution in [2.75, 3.05) is 7.11 Å². The quantitative estimate of drug-likeness (QED) is 0.921. The summed E-state index contributed by atoms with van der Waals surface area (Å²) in [6, 6.07) is 0.491. The van der Waals surface area contributed by atoms with Gasteiger partial charge in [-0.15, -0.1) is 0 Å². The molecule has 4 aliphatic carbocycles. The summed E-state index contributed by atoms with van der Waals surface area (Å²) in [6.45, 7) is 0. The van der Waals surface area contributed by atoms with Crippen LogP contribution in [0.15, 0.2) is 12.4 Å². The summed E-state index contributed by atoms with van der Waals surface area (Å²) in [5.74, 6) is 2.95. The van der Waals surface area contributed by atoms with Crippen molar-refractivity contribution in [1.82, 2.24) is 4.57 Å². The number of carbonyl (C=O) groups is 1. The van der Waals surface area contributed by atoms with E-state index in [-0.39, 0.29) is 0 Å². The third kappa shape index (κ3) is 1.70. The molecule has 0 saturated heterocycles. The molecule has 1 N–H and O–H groups in total. The van der Waals surface area contributed by atoms with E-state index in [2.05, 4.69) is 4.57 Å². The van der Waals surface area contributed by atoms with E-state index >= 15 is 0 Å². The van der Waals surface area contributed by atoms with Crippen molar-refractivity contribution in [3.05, 3.63) is 18.0 Å². The minimum Gasteiger partial charge on any atom is -0.494 e. The van der Waals surface area contributed by atoms with Crippen molar-refractivity contribution in [3.63, 3.8) is 0 Å². The van der Waals surface area contributed by atoms with Crippen LogP contribution >= 0.6 is 0 Å². The summed E-state index contributed by atoms with van der Waals surface area (Å²) in [5.41, 5.74) is 0.293. The minimum atomic E-state index is -0.899. The molecule has 4 bridgehead atoms. The highest BCUT2D eigenvalue weighted by Crippen LogP contribution is 2.58. The van der Waals surface area contributed by atoms with Gasteiger partial charge in [-0.05, 0) is 55.8 Å². The summed E-state index contributed by atoms with van der Waals surface area (Å²) >= 11 is 0. The maximum atomic E-state index is 11.3. The van der Waals surface area contributed by atoms with E-state index < -0.39 is 5.97 Å². The Bertz CT molecular complexity index is 520. The van der Waals surface area contributed by atoms with Crippen LogP contribution in [0.5, 0.6) is 5.75 Å². The van der Waals surface area contributed by atoms with Gasteiger partial charge in [0.05, 0.1) is 7.11 Å². The molecular formula is C16H21NO3. The molecule has 1 aromatic heterocycles. The molecule has 4 saturated carbocycles. The molecule has 0 unspecified atom stereocenters. The molecule has 4 heteroatoms. The van der Waals surface area contributed by atoms with Gasteiger partial charge in [-0.2, -0.15) is 0 Å². The van der Waals surface area contributed by atoms with Crippen molar-refractivity contribution in [2.24, 2.45) is 23.7 Å². The van der Waals surface area contributed by atoms with Crippen molar-refractivity contribution in [2.45, 2.75) is 38.1 Å². The number of ether oxygens (including phenoxy) is 1. The Labute approximate surface area is 118 Å². The van der Waals surface area contributed by atoms with Gasteiger partial charge in [0.2, 0.25) is 0 Å². The molecule has 5 rings (SSSR count). The molecule has 1 aromatic rings. The molecule has 20 heavy (non-hydrogen) atoms. The predicted molar refractivity (Wildman–Crippen MR) is 74.0 cm³/mol. The molecule has 4 fully saturated rings. The van der Waals surface area contributed by atoms with E-state index in [1.807, 2.05) is 6.20 Å². The van der Waals surface area contributed by atoms with Crippen LogP contribution in [-0.2, 0) is 0 Å². The number of carboxylic acid groups (broad SMARTS) is 1. The molecule has 0 spiro atoms. The summed E-state index contributed by atoms with van der Waals surface area (Å²) in [5, 5.41) is 9.27. The smallest absolute Gasteiger partial charge is 0.341 e. The molecule has 0 aromatic carbocycles. The van der Waals surface area contributed by atoms with Gasteiger partial charge in [-0.3, -0.25) is 0 Å². The van der Waals surface area contributed by atoms with Crippen LogP contribution in [0.4, 0.5) is 0 Å². The highest BCUT2D eigenvalue weighted by molar-refractivity contribution is 5.90. The molecule has 0 amide bonds. The first kappa shape index (κ1) is 12.3. The van der Waals surface area contributed by atoms with Crippen LogP contribution in [0.25, 0.3) is 0 Å². The van der Waals surface area contributed by atoms with Gasteiger partial charge >= 0.3 is 5.97 Å². The first-order valence-corrected chi connectivity index (χ1v) is 7.64. The first-order chi connectivity index (χ1) is 9.65. The van der Waals surface area contributed by atoms with Crippen molar-refractivity contribution in [1.29, 1.82) is 0 Å². The lowest BCUT2D eigenvalue weighted by Gasteiger charge is -2.54. The number of hydrogen-bond donors (Lipinski definition) is 1. The van der Waals surface area contributed by atoms with Gasteiger partial charge < -0.3 is 14.4 Å². The summed E-state index contributed by atoms with van der Waals surface area (Å²) in [7, 11) is 1.54. The van der Waals surface area contributed by atoms with Crippen molar-refractivity contribution in [3.8, 4) is 5.75 Å². The SMILES string of the molecule is COc1cn(C2C3CC4CC(C3)CC2C4)cc1C(=O)O. The summed E-state index contributed by atoms with van der Waals surface area (Å²) < 4.78 is 7.38. The van der Waals surface area contributed by atoms with Gasteiger partial charge in [0.25, 0.3) is 0 Å². The van der Waals surface area contributed by atoms with Crippen molar-refractivity contribution >= 4 is 5.97 Å². The minimum absolute atomic E-state index is 0.293. The third-order valence-electron chi connectivity index (χ3n) is 5.78. The highest BCUT2D eigenvalue weighted by Gasteiger charge is 2.48. The fourth-order valence-corrected chi connectivity index (χ4v) is 5.33. The van der Waals surface area contributed by atoms with Gasteiger partial charge in [-0.1, -0.05) is 0 Å². The van der Waals surface area contributed by atoms with Crippen LogP contribution in [0.1, 0.15) is 48.5 Å². The second-order valence-electron chi connectivity index (χ2n) is 6.91. The first-order valence-electron chi connectivity index (χ1n) is 7.64. The zero-order valence-corrected chi connectivity index (χ0v) is 11.8. The fourth-order valence-electron chi connectivity index (χ4n) is 5.33. The Morgan fingerprint density at radius 1 is 1.15 bits per heavy atom. The molecule has 0 radical (unpaired) electrons. The maximum Gasteiger partial charge on any atom is 0.341 e. The second-order valence-corrected chi connectivity index (χ2v) is 6.91. The lowest BCUT2D eigenvalue weighted by atomic mass is 9.54. The predicted octanol–water partition coefficient (Wildman–Crippen LogP) is 3.19. The number of carboxylic acids is 1. The van der Waals surface area contributed by atoms with Gasteiger partial charge in [0.15, 0.2) is 5.75 Å². The lowest BCUT2D eigenvalue weighted by Crippen LogP contribution is -2.45. The standard InChI is InChI=1S/C16H21NO3/c1-20-14-8-17(7-13(14)16(18)19)15-11-3-9-2-10(5-11)6-12(15)4-9/h7-12,15H,2-6H2,1H3,(H,18,19). The van der Waals surface area contributed by atoms with Gasteiger partial charge in [-0.25, -0.2) is 4.79 Å². The number of methoxy groups -OCH3 is 1. The third-order valence-corrected chi connectivity index (χ3v) is 5.78. The Morgan fingerprint density at radius 2 is 1.75 bits per heavy atom. The van der Waals surface area contributed by atoms with Crippen LogP contribution in [-0.4, -0.2) is 22.8 Å². The number of rotatable bonds is 3. The van der Waals surface area contributed by atoms with Crippen LogP contribution in [0, 0.1) is 23.7 Å². The second kappa shape index (κ2) is 4.27. The largest absolute Gasteiger partial charge is 0.494 e. The van der Waals surface area contributed by atoms with E-state index in [1.165, 1.54) is 32.1 Å². The number of nitrogens with zero attached hydrogens (tertiary/aromatic N) is 1. The summed E-state index contributed by atoms with van der Waals surface area (Å²) in [4.78, 5) is 11.3. The lowest BCUT2D eigenvalue weighted by molar-refractivity contribution is -0.0291.